The standard InChI is InChI=1S/C30H44O3/c1-4-5-6-7-8-9-10-11-12-28(32)33-27-16-15-25-24-14-13-22-21-23(31)17-19-29(22,2)26(24)18-20-30(25,27)3/h4,17,19,21,24-27H,1,5-16,18,20H2,2-3H3/t24?,25-,26-,27?,29?,30?/m0/s1. The van der Waals surface area contributed by atoms with Gasteiger partial charge in [0.15, 0.2) is 5.78 Å². The molecule has 0 amide bonds. The number of ketones is 1. The van der Waals surface area contributed by atoms with Gasteiger partial charge in [0.2, 0.25) is 0 Å². The van der Waals surface area contributed by atoms with E-state index in [1.165, 1.54) is 50.5 Å². The van der Waals surface area contributed by atoms with Gasteiger partial charge in [0.1, 0.15) is 6.10 Å². The van der Waals surface area contributed by atoms with Gasteiger partial charge in [-0.15, -0.1) is 6.58 Å². The van der Waals surface area contributed by atoms with Gasteiger partial charge in [0, 0.05) is 17.3 Å². The lowest BCUT2D eigenvalue weighted by Gasteiger charge is -2.56. The monoisotopic (exact) mass is 452 g/mol. The van der Waals surface area contributed by atoms with Crippen LogP contribution in [0.25, 0.3) is 0 Å². The van der Waals surface area contributed by atoms with Gasteiger partial charge in [0.25, 0.3) is 0 Å². The highest BCUT2D eigenvalue weighted by Crippen LogP contribution is 2.64. The second-order valence-corrected chi connectivity index (χ2v) is 11.7. The van der Waals surface area contributed by atoms with E-state index in [2.05, 4.69) is 26.5 Å². The molecule has 0 aromatic carbocycles. The first-order valence-electron chi connectivity index (χ1n) is 13.6. The third-order valence-corrected chi connectivity index (χ3v) is 9.78. The number of esters is 1. The van der Waals surface area contributed by atoms with Gasteiger partial charge in [-0.2, -0.15) is 0 Å². The van der Waals surface area contributed by atoms with Gasteiger partial charge in [-0.25, -0.2) is 0 Å². The van der Waals surface area contributed by atoms with Crippen molar-refractivity contribution in [2.75, 3.05) is 0 Å². The Kier molecular flexibility index (Phi) is 7.66. The number of ether oxygens (including phenoxy) is 1. The van der Waals surface area contributed by atoms with E-state index in [1.54, 1.807) is 6.08 Å². The third-order valence-electron chi connectivity index (χ3n) is 9.78. The molecule has 0 aromatic heterocycles. The van der Waals surface area contributed by atoms with Gasteiger partial charge in [0.05, 0.1) is 0 Å². The zero-order valence-electron chi connectivity index (χ0n) is 21.0. The Hall–Kier alpha value is -1.64. The molecule has 4 aliphatic rings. The topological polar surface area (TPSA) is 43.4 Å². The maximum atomic E-state index is 12.7. The van der Waals surface area contributed by atoms with Crippen LogP contribution >= 0.6 is 0 Å². The molecule has 0 spiro atoms. The first-order valence-corrected chi connectivity index (χ1v) is 13.6. The molecule has 3 nitrogen and oxygen atoms in total. The van der Waals surface area contributed by atoms with Crippen LogP contribution in [0.2, 0.25) is 0 Å². The third kappa shape index (κ3) is 4.93. The van der Waals surface area contributed by atoms with Crippen LogP contribution in [0.3, 0.4) is 0 Å². The van der Waals surface area contributed by atoms with Gasteiger partial charge < -0.3 is 4.74 Å². The average Bonchev–Trinajstić information content (AvgIpc) is 3.12. The number of fused-ring (bicyclic) bond motifs is 5. The Bertz CT molecular complexity index is 807. The van der Waals surface area contributed by atoms with Gasteiger partial charge in [-0.1, -0.05) is 57.3 Å². The molecule has 0 N–H and O–H groups in total. The predicted octanol–water partition coefficient (Wildman–Crippen LogP) is 7.51. The Labute approximate surface area is 201 Å². The lowest BCUT2D eigenvalue weighted by atomic mass is 9.48. The van der Waals surface area contributed by atoms with Crippen LogP contribution in [0.1, 0.15) is 104 Å². The molecular weight excluding hydrogens is 408 g/mol. The second-order valence-electron chi connectivity index (χ2n) is 11.7. The van der Waals surface area contributed by atoms with E-state index in [1.807, 2.05) is 12.2 Å². The summed E-state index contributed by atoms with van der Waals surface area (Å²) in [6, 6.07) is 0. The van der Waals surface area contributed by atoms with E-state index in [9.17, 15) is 9.59 Å². The highest BCUT2D eigenvalue weighted by molar-refractivity contribution is 6.01. The minimum atomic E-state index is 0.0187. The highest BCUT2D eigenvalue weighted by atomic mass is 16.5. The maximum Gasteiger partial charge on any atom is 0.306 e. The summed E-state index contributed by atoms with van der Waals surface area (Å²) in [6.07, 6.45) is 23.4. The number of unbranched alkanes of at least 4 members (excludes halogenated alkanes) is 6. The molecular formula is C30H44O3. The van der Waals surface area contributed by atoms with Crippen LogP contribution < -0.4 is 0 Å². The van der Waals surface area contributed by atoms with Crippen molar-refractivity contribution in [2.24, 2.45) is 28.6 Å². The Morgan fingerprint density at radius 3 is 2.61 bits per heavy atom. The maximum absolute atomic E-state index is 12.7. The summed E-state index contributed by atoms with van der Waals surface area (Å²) in [4.78, 5) is 24.6. The van der Waals surface area contributed by atoms with Crippen LogP contribution in [0.5, 0.6) is 0 Å². The Balaban J connectivity index is 1.28. The molecule has 33 heavy (non-hydrogen) atoms. The van der Waals surface area contributed by atoms with Gasteiger partial charge >= 0.3 is 5.97 Å². The summed E-state index contributed by atoms with van der Waals surface area (Å²) in [5.41, 5.74) is 1.51. The van der Waals surface area contributed by atoms with E-state index in [0.29, 0.717) is 24.2 Å². The van der Waals surface area contributed by atoms with Crippen LogP contribution in [0.4, 0.5) is 0 Å². The summed E-state index contributed by atoms with van der Waals surface area (Å²) in [6.45, 7) is 8.53. The zero-order valence-corrected chi connectivity index (χ0v) is 21.0. The van der Waals surface area contributed by atoms with Crippen molar-refractivity contribution < 1.29 is 14.3 Å². The Morgan fingerprint density at radius 2 is 1.82 bits per heavy atom. The minimum absolute atomic E-state index is 0.0187. The lowest BCUT2D eigenvalue weighted by Crippen LogP contribution is -2.51. The van der Waals surface area contributed by atoms with Crippen LogP contribution in [0.15, 0.2) is 36.5 Å². The summed E-state index contributed by atoms with van der Waals surface area (Å²) < 4.78 is 6.15. The molecule has 3 fully saturated rings. The van der Waals surface area contributed by atoms with E-state index in [-0.39, 0.29) is 28.7 Å². The smallest absolute Gasteiger partial charge is 0.306 e. The molecule has 0 saturated heterocycles. The van der Waals surface area contributed by atoms with E-state index < -0.39 is 0 Å². The first-order chi connectivity index (χ1) is 15.9. The van der Waals surface area contributed by atoms with Crippen molar-refractivity contribution in [3.8, 4) is 0 Å². The Morgan fingerprint density at radius 1 is 1.06 bits per heavy atom. The molecule has 182 valence electrons. The van der Waals surface area contributed by atoms with Gasteiger partial charge in [-0.3, -0.25) is 9.59 Å². The van der Waals surface area contributed by atoms with Crippen molar-refractivity contribution in [1.29, 1.82) is 0 Å². The number of allylic oxidation sites excluding steroid dienone is 5. The van der Waals surface area contributed by atoms with Crippen LogP contribution in [0, 0.1) is 28.6 Å². The number of hydrogen-bond acceptors (Lipinski definition) is 3. The van der Waals surface area contributed by atoms with Gasteiger partial charge in [-0.05, 0) is 87.7 Å². The molecule has 0 aliphatic heterocycles. The number of carbonyl (C=O) groups excluding carboxylic acids is 2. The molecule has 3 heteroatoms. The fraction of sp³-hybridized carbons (Fsp3) is 0.733. The SMILES string of the molecule is C=CCCCCCCCCC(=O)OC1CC[C@H]2C3CCC4=CC(=O)C=CC4(C)[C@H]3CCC12C. The predicted molar refractivity (Wildman–Crippen MR) is 134 cm³/mol. The van der Waals surface area contributed by atoms with Crippen molar-refractivity contribution in [1.82, 2.24) is 0 Å². The molecule has 6 atom stereocenters. The van der Waals surface area contributed by atoms with Crippen molar-refractivity contribution in [2.45, 2.75) is 110 Å². The van der Waals surface area contributed by atoms with Crippen LogP contribution in [-0.4, -0.2) is 17.9 Å². The molecule has 0 radical (unpaired) electrons. The quantitative estimate of drug-likeness (QED) is 0.196. The second kappa shape index (κ2) is 10.3. The van der Waals surface area contributed by atoms with E-state index in [4.69, 9.17) is 4.74 Å². The normalized spacial score (nSPS) is 37.0. The molecule has 4 aliphatic carbocycles. The fourth-order valence-corrected chi connectivity index (χ4v) is 7.83. The summed E-state index contributed by atoms with van der Waals surface area (Å²) in [7, 11) is 0. The first kappa shape index (κ1) is 24.5. The van der Waals surface area contributed by atoms with E-state index in [0.717, 1.165) is 38.5 Å². The minimum Gasteiger partial charge on any atom is -0.462 e. The number of hydrogen-bond donors (Lipinski definition) is 0. The summed E-state index contributed by atoms with van der Waals surface area (Å²) in [5, 5.41) is 0. The molecule has 4 unspecified atom stereocenters. The number of rotatable bonds is 10. The summed E-state index contributed by atoms with van der Waals surface area (Å²) >= 11 is 0. The number of carbonyl (C=O) groups is 2. The van der Waals surface area contributed by atoms with Crippen molar-refractivity contribution in [3.63, 3.8) is 0 Å². The van der Waals surface area contributed by atoms with Crippen molar-refractivity contribution in [3.05, 3.63) is 36.5 Å². The highest BCUT2D eigenvalue weighted by Gasteiger charge is 2.59. The van der Waals surface area contributed by atoms with Crippen molar-refractivity contribution >= 4 is 11.8 Å². The van der Waals surface area contributed by atoms with Crippen LogP contribution in [-0.2, 0) is 14.3 Å². The molecule has 0 bridgehead atoms. The lowest BCUT2D eigenvalue weighted by molar-refractivity contribution is -0.159. The molecule has 0 heterocycles. The fourth-order valence-electron chi connectivity index (χ4n) is 7.83. The molecule has 0 aromatic rings. The largest absolute Gasteiger partial charge is 0.462 e. The molecule has 4 rings (SSSR count). The summed E-state index contributed by atoms with van der Waals surface area (Å²) in [5.74, 6) is 2.09. The van der Waals surface area contributed by atoms with E-state index >= 15 is 0 Å². The zero-order chi connectivity index (χ0) is 23.5. The molecule has 3 saturated carbocycles. The average molecular weight is 453 g/mol.